The summed E-state index contributed by atoms with van der Waals surface area (Å²) in [5.74, 6) is 1.69. The number of nitrogens with one attached hydrogen (secondary N) is 1. The summed E-state index contributed by atoms with van der Waals surface area (Å²) < 4.78 is 2.87. The van der Waals surface area contributed by atoms with Crippen LogP contribution in [-0.2, 0) is 10.5 Å². The van der Waals surface area contributed by atoms with E-state index < -0.39 is 0 Å². The van der Waals surface area contributed by atoms with Crippen molar-refractivity contribution < 1.29 is 4.79 Å². The molecule has 1 aliphatic carbocycles. The number of hydrogen-bond donors (Lipinski definition) is 1. The van der Waals surface area contributed by atoms with E-state index in [0.717, 1.165) is 33.5 Å². The summed E-state index contributed by atoms with van der Waals surface area (Å²) in [6, 6.07) is 14.4. The summed E-state index contributed by atoms with van der Waals surface area (Å²) in [6.07, 6.45) is 1.35. The van der Waals surface area contributed by atoms with Gasteiger partial charge in [-0.1, -0.05) is 77.4 Å². The minimum absolute atomic E-state index is 0.0762. The van der Waals surface area contributed by atoms with Crippen LogP contribution in [0.4, 0.5) is 5.95 Å². The van der Waals surface area contributed by atoms with E-state index in [2.05, 4.69) is 79.3 Å². The molecule has 1 unspecified atom stereocenters. The molecule has 0 fully saturated rings. The molecule has 0 saturated carbocycles. The Hall–Kier alpha value is -2.38. The molecular weight excluding hydrogens is 496 g/mol. The molecular formula is C26H27BrN4OS. The van der Waals surface area contributed by atoms with Crippen molar-refractivity contribution in [3.63, 3.8) is 0 Å². The molecule has 0 saturated heterocycles. The summed E-state index contributed by atoms with van der Waals surface area (Å²) in [7, 11) is 0. The molecule has 5 rings (SSSR count). The predicted octanol–water partition coefficient (Wildman–Crippen LogP) is 6.61. The molecule has 2 aromatic carbocycles. The van der Waals surface area contributed by atoms with Gasteiger partial charge in [-0.2, -0.15) is 4.98 Å². The Morgan fingerprint density at radius 2 is 2.00 bits per heavy atom. The number of carbonyl (C=O) groups is 1. The minimum atomic E-state index is -0.278. The van der Waals surface area contributed by atoms with Gasteiger partial charge in [-0.05, 0) is 54.5 Å². The molecule has 1 aromatic heterocycles. The molecule has 7 heteroatoms. The highest BCUT2D eigenvalue weighted by atomic mass is 79.9. The Morgan fingerprint density at radius 1 is 1.18 bits per heavy atom. The molecule has 3 aromatic rings. The predicted molar refractivity (Wildman–Crippen MR) is 136 cm³/mol. The number of rotatable bonds is 4. The first-order chi connectivity index (χ1) is 15.7. The number of anilines is 1. The lowest BCUT2D eigenvalue weighted by Crippen LogP contribution is -2.36. The van der Waals surface area contributed by atoms with Gasteiger partial charge in [0.15, 0.2) is 5.78 Å². The van der Waals surface area contributed by atoms with Crippen LogP contribution in [0.1, 0.15) is 55.0 Å². The van der Waals surface area contributed by atoms with E-state index in [-0.39, 0.29) is 17.2 Å². The second-order valence-corrected chi connectivity index (χ2v) is 11.7. The highest BCUT2D eigenvalue weighted by molar-refractivity contribution is 9.10. The van der Waals surface area contributed by atoms with Crippen LogP contribution < -0.4 is 5.32 Å². The van der Waals surface area contributed by atoms with Gasteiger partial charge in [0.25, 0.3) is 0 Å². The average Bonchev–Trinajstić information content (AvgIpc) is 3.14. The summed E-state index contributed by atoms with van der Waals surface area (Å²) in [6.45, 7) is 8.55. The third-order valence-corrected chi connectivity index (χ3v) is 7.72. The molecule has 0 bridgehead atoms. The first-order valence-electron chi connectivity index (χ1n) is 11.1. The second kappa shape index (κ2) is 8.44. The molecule has 0 amide bonds. The third kappa shape index (κ3) is 4.41. The highest BCUT2D eigenvalue weighted by Gasteiger charge is 2.41. The van der Waals surface area contributed by atoms with E-state index in [4.69, 9.17) is 10.1 Å². The molecule has 2 heterocycles. The zero-order chi connectivity index (χ0) is 23.3. The number of Topliss-reactive ketones (excluding diaryl/α,β-unsaturated/α-hetero) is 1. The average molecular weight is 524 g/mol. The molecule has 0 radical (unpaired) electrons. The van der Waals surface area contributed by atoms with E-state index in [1.807, 2.05) is 16.8 Å². The van der Waals surface area contributed by atoms with E-state index in [9.17, 15) is 4.79 Å². The number of halogens is 1. The number of ketones is 1. The zero-order valence-electron chi connectivity index (χ0n) is 19.3. The number of allylic oxidation sites excluding steroid dienone is 2. The molecule has 0 spiro atoms. The fourth-order valence-corrected chi connectivity index (χ4v) is 6.04. The molecule has 1 aliphatic heterocycles. The van der Waals surface area contributed by atoms with Gasteiger partial charge in [0.05, 0.1) is 0 Å². The second-order valence-electron chi connectivity index (χ2n) is 9.80. The number of hydrogen-bond acceptors (Lipinski definition) is 5. The van der Waals surface area contributed by atoms with Crippen molar-refractivity contribution in [1.29, 1.82) is 0 Å². The molecule has 1 atom stereocenters. The maximum Gasteiger partial charge on any atom is 0.227 e. The fraction of sp³-hybridized carbons (Fsp3) is 0.346. The van der Waals surface area contributed by atoms with E-state index in [1.54, 1.807) is 11.8 Å². The van der Waals surface area contributed by atoms with Crippen LogP contribution in [0.2, 0.25) is 0 Å². The first kappa shape index (κ1) is 22.4. The number of aromatic nitrogens is 3. The summed E-state index contributed by atoms with van der Waals surface area (Å²) in [5, 5.41) is 9.05. The fourth-order valence-electron chi connectivity index (χ4n) is 4.73. The Kier molecular flexibility index (Phi) is 5.73. The standard InChI is InChI=1S/C26H27BrN4OS/c1-15-8-9-16(2)18(10-15)14-33-25-29-24-28-20-12-26(3,4)13-21(32)22(20)23(31(24)30-25)17-6-5-7-19(27)11-17/h5-11,23H,12-14H2,1-4H3,(H,28,29,30). The van der Waals surface area contributed by atoms with Crippen molar-refractivity contribution in [2.45, 2.75) is 57.5 Å². The van der Waals surface area contributed by atoms with Crippen molar-refractivity contribution in [3.8, 4) is 0 Å². The Morgan fingerprint density at radius 3 is 2.79 bits per heavy atom. The molecule has 5 nitrogen and oxygen atoms in total. The number of aryl methyl sites for hydroxylation is 2. The molecule has 2 aliphatic rings. The Labute approximate surface area is 207 Å². The number of carbonyl (C=O) groups excluding carboxylic acids is 1. The van der Waals surface area contributed by atoms with Gasteiger partial charge in [-0.3, -0.25) is 4.79 Å². The number of fused-ring (bicyclic) bond motifs is 1. The SMILES string of the molecule is Cc1ccc(C)c(CSc2nc3n(n2)C(c2cccc(Br)c2)C2=C(CC(C)(C)CC2=O)N3)c1. The monoisotopic (exact) mass is 522 g/mol. The van der Waals surface area contributed by atoms with Crippen LogP contribution in [0.15, 0.2) is 63.4 Å². The van der Waals surface area contributed by atoms with Crippen LogP contribution in [0.5, 0.6) is 0 Å². The van der Waals surface area contributed by atoms with Crippen molar-refractivity contribution in [1.82, 2.24) is 14.8 Å². The lowest BCUT2D eigenvalue weighted by molar-refractivity contribution is -0.118. The normalized spacial score (nSPS) is 19.2. The third-order valence-electron chi connectivity index (χ3n) is 6.34. The van der Waals surface area contributed by atoms with Crippen LogP contribution in [0, 0.1) is 19.3 Å². The van der Waals surface area contributed by atoms with Crippen LogP contribution in [-0.4, -0.2) is 20.5 Å². The Bertz CT molecular complexity index is 1290. The maximum atomic E-state index is 13.3. The van der Waals surface area contributed by atoms with E-state index in [1.165, 1.54) is 16.7 Å². The van der Waals surface area contributed by atoms with Gasteiger partial charge < -0.3 is 5.32 Å². The smallest absolute Gasteiger partial charge is 0.227 e. The number of benzene rings is 2. The van der Waals surface area contributed by atoms with Crippen LogP contribution in [0.25, 0.3) is 0 Å². The van der Waals surface area contributed by atoms with Crippen molar-refractivity contribution in [3.05, 3.63) is 80.5 Å². The van der Waals surface area contributed by atoms with Gasteiger partial charge in [-0.15, -0.1) is 5.10 Å². The van der Waals surface area contributed by atoms with Gasteiger partial charge >= 0.3 is 0 Å². The zero-order valence-corrected chi connectivity index (χ0v) is 21.7. The van der Waals surface area contributed by atoms with Crippen molar-refractivity contribution >= 4 is 39.4 Å². The minimum Gasteiger partial charge on any atom is -0.328 e. The molecule has 1 N–H and O–H groups in total. The molecule has 170 valence electrons. The first-order valence-corrected chi connectivity index (χ1v) is 12.9. The van der Waals surface area contributed by atoms with Gasteiger partial charge in [0, 0.05) is 27.9 Å². The van der Waals surface area contributed by atoms with Crippen LogP contribution >= 0.6 is 27.7 Å². The number of thioether (sulfide) groups is 1. The highest BCUT2D eigenvalue weighted by Crippen LogP contribution is 2.46. The van der Waals surface area contributed by atoms with Crippen molar-refractivity contribution in [2.75, 3.05) is 5.32 Å². The molecule has 33 heavy (non-hydrogen) atoms. The van der Waals surface area contributed by atoms with E-state index in [0.29, 0.717) is 17.5 Å². The quantitative estimate of drug-likeness (QED) is 0.390. The lowest BCUT2D eigenvalue weighted by Gasteiger charge is -2.38. The lowest BCUT2D eigenvalue weighted by atomic mass is 9.73. The largest absolute Gasteiger partial charge is 0.328 e. The number of nitrogens with zero attached hydrogens (tertiary/aromatic N) is 3. The maximum absolute atomic E-state index is 13.3. The van der Waals surface area contributed by atoms with Crippen molar-refractivity contribution in [2.24, 2.45) is 5.41 Å². The van der Waals surface area contributed by atoms with Gasteiger partial charge in [-0.25, -0.2) is 4.68 Å². The summed E-state index contributed by atoms with van der Waals surface area (Å²) in [4.78, 5) is 18.2. The van der Waals surface area contributed by atoms with Gasteiger partial charge in [0.1, 0.15) is 6.04 Å². The van der Waals surface area contributed by atoms with Gasteiger partial charge in [0.2, 0.25) is 11.1 Å². The Balaban J connectivity index is 1.53. The summed E-state index contributed by atoms with van der Waals surface area (Å²) in [5.41, 5.74) is 6.56. The topological polar surface area (TPSA) is 59.8 Å². The van der Waals surface area contributed by atoms with E-state index >= 15 is 0 Å². The summed E-state index contributed by atoms with van der Waals surface area (Å²) >= 11 is 5.22. The van der Waals surface area contributed by atoms with Crippen LogP contribution in [0.3, 0.4) is 0 Å².